The van der Waals surface area contributed by atoms with Gasteiger partial charge in [-0.2, -0.15) is 0 Å². The van der Waals surface area contributed by atoms with Gasteiger partial charge >= 0.3 is 0 Å². The minimum atomic E-state index is -2.39. The number of hydrogen-bond donors (Lipinski definition) is 0. The second kappa shape index (κ2) is 11.2. The van der Waals surface area contributed by atoms with Crippen LogP contribution in [0.5, 0.6) is 0 Å². The molecule has 1 atom stereocenters. The summed E-state index contributed by atoms with van der Waals surface area (Å²) in [4.78, 5) is 0. The number of halogens is 2. The summed E-state index contributed by atoms with van der Waals surface area (Å²) in [5, 5.41) is 0. The van der Waals surface area contributed by atoms with Gasteiger partial charge in [-0.05, 0) is 58.4 Å². The molecule has 28 heavy (non-hydrogen) atoms. The van der Waals surface area contributed by atoms with Crippen LogP contribution in [-0.4, -0.2) is 103 Å². The lowest BCUT2D eigenvalue weighted by molar-refractivity contribution is 0.541. The largest absolute Gasteiger partial charge is 0.445 e. The average Bonchev–Trinajstić information content (AvgIpc) is 2.35. The summed E-state index contributed by atoms with van der Waals surface area (Å²) in [5.74, 6) is 0. The van der Waals surface area contributed by atoms with E-state index in [2.05, 4.69) is 26.2 Å². The Morgan fingerprint density at radius 3 is 1.54 bits per heavy atom. The lowest BCUT2D eigenvalue weighted by Gasteiger charge is -2.47. The van der Waals surface area contributed by atoms with E-state index in [1.54, 1.807) is 0 Å². The van der Waals surface area contributed by atoms with Gasteiger partial charge in [-0.1, -0.05) is 5.44 Å². The van der Waals surface area contributed by atoms with Crippen LogP contribution in [0.1, 0.15) is 0 Å². The molecule has 0 aliphatic heterocycles. The molecule has 0 aromatic rings. The minimum absolute atomic E-state index is 0.00658. The summed E-state index contributed by atoms with van der Waals surface area (Å²) in [6, 6.07) is 0.767. The van der Waals surface area contributed by atoms with Gasteiger partial charge in [0.1, 0.15) is 0 Å². The molecule has 0 rings (SSSR count). The van der Waals surface area contributed by atoms with Crippen molar-refractivity contribution < 1.29 is 8.23 Å². The summed E-state index contributed by atoms with van der Waals surface area (Å²) in [5.41, 5.74) is 0.00658. The molecule has 1 unspecified atom stereocenters. The molecule has 0 aliphatic carbocycles. The quantitative estimate of drug-likeness (QED) is 0.317. The molecule has 0 spiro atoms. The minimum Gasteiger partial charge on any atom is -0.445 e. The van der Waals surface area contributed by atoms with E-state index in [1.807, 2.05) is 26.2 Å². The molecule has 0 aromatic heterocycles. The Kier molecular flexibility index (Phi) is 12.0. The van der Waals surface area contributed by atoms with Crippen LogP contribution in [0.2, 0.25) is 63.9 Å². The van der Waals surface area contributed by atoms with Crippen molar-refractivity contribution in [1.82, 2.24) is 0 Å². The molecule has 139 valence electrons. The molecular weight excluding hydrogens is 443 g/mol. The van der Waals surface area contributed by atoms with Crippen LogP contribution in [0.15, 0.2) is 0 Å². The van der Waals surface area contributed by atoms with Crippen molar-refractivity contribution >= 4 is 125 Å². The van der Waals surface area contributed by atoms with Gasteiger partial charge in [0.2, 0.25) is 0 Å². The molecule has 0 N–H and O–H groups in total. The zero-order chi connectivity index (χ0) is 22.7. The summed E-state index contributed by atoms with van der Waals surface area (Å²) >= 11 is 13.1. The van der Waals surface area contributed by atoms with E-state index in [1.165, 1.54) is 7.06 Å². The normalized spacial score (nSPS) is 14.4. The fraction of sp³-hybridized carbons (Fsp3) is 1.00. The van der Waals surface area contributed by atoms with Crippen LogP contribution in [0.3, 0.4) is 0 Å². The highest BCUT2D eigenvalue weighted by Crippen LogP contribution is 2.39. The van der Waals surface area contributed by atoms with Gasteiger partial charge < -0.3 is 8.23 Å². The van der Waals surface area contributed by atoms with Crippen molar-refractivity contribution in [1.29, 1.82) is 0 Å². The van der Waals surface area contributed by atoms with Crippen LogP contribution < -0.4 is 0 Å². The molecule has 0 saturated heterocycles. The van der Waals surface area contributed by atoms with Gasteiger partial charge in [-0.15, -0.1) is 22.2 Å². The topological polar surface area (TPSA) is 18.5 Å². The lowest BCUT2D eigenvalue weighted by Crippen LogP contribution is -2.69. The Morgan fingerprint density at radius 1 is 0.821 bits per heavy atom. The summed E-state index contributed by atoms with van der Waals surface area (Å²) < 4.78 is 12.9. The second-order valence-corrected chi connectivity index (χ2v) is 30.0. The van der Waals surface area contributed by atoms with E-state index < -0.39 is 44.7 Å². The zero-order valence-corrected chi connectivity index (χ0v) is 24.1. The molecule has 0 amide bonds. The Morgan fingerprint density at radius 2 is 1.25 bits per heavy atom. The highest BCUT2D eigenvalue weighted by atomic mass is 35.6. The highest BCUT2D eigenvalue weighted by Gasteiger charge is 2.50. The first-order valence-electron chi connectivity index (χ1n) is 9.58. The molecule has 18 heteroatoms. The molecular formula is C10H27B10Cl2O2Si4. The van der Waals surface area contributed by atoms with E-state index in [4.69, 9.17) is 69.1 Å². The number of hydrogen-bond acceptors (Lipinski definition) is 2. The zero-order valence-electron chi connectivity index (χ0n) is 18.6. The summed E-state index contributed by atoms with van der Waals surface area (Å²) in [6.45, 7) is 16.2. The Bertz CT molecular complexity index is 492. The van der Waals surface area contributed by atoms with Crippen molar-refractivity contribution in [3.8, 4) is 0 Å². The molecule has 0 fully saturated rings. The van der Waals surface area contributed by atoms with Crippen molar-refractivity contribution in [2.24, 2.45) is 0 Å². The van der Waals surface area contributed by atoms with Crippen molar-refractivity contribution in [3.05, 3.63) is 0 Å². The smallest absolute Gasteiger partial charge is 0.274 e. The SMILES string of the molecule is [B][B]B(B([B])[B])B(B([B])[B])C(C[Si](C)(C)O[Si](C)(C)Cl)[Si](C)(C)O[Si](C)(C)Cl. The fourth-order valence-electron chi connectivity index (χ4n) is 4.08. The van der Waals surface area contributed by atoms with Gasteiger partial charge in [-0.25, -0.2) is 0 Å². The second-order valence-electron chi connectivity index (χ2n) is 9.61. The molecule has 0 saturated carbocycles. The predicted molar refractivity (Wildman–Crippen MR) is 150 cm³/mol. The molecule has 0 heterocycles. The van der Waals surface area contributed by atoms with Crippen LogP contribution in [-0.2, 0) is 8.23 Å². The van der Waals surface area contributed by atoms with Crippen LogP contribution in [0.25, 0.3) is 0 Å². The maximum absolute atomic E-state index is 6.57. The third-order valence-corrected chi connectivity index (χ3v) is 18.4. The number of rotatable bonds is 12. The van der Waals surface area contributed by atoms with E-state index in [0.29, 0.717) is 0 Å². The maximum Gasteiger partial charge on any atom is 0.274 e. The van der Waals surface area contributed by atoms with Crippen LogP contribution in [0.4, 0.5) is 0 Å². The molecule has 0 aromatic carbocycles. The van der Waals surface area contributed by atoms with Crippen LogP contribution in [0, 0.1) is 0 Å². The average molecular weight is 471 g/mol. The van der Waals surface area contributed by atoms with E-state index in [9.17, 15) is 0 Å². The van der Waals surface area contributed by atoms with Gasteiger partial charge in [0, 0.05) is 71.4 Å². The van der Waals surface area contributed by atoms with Crippen LogP contribution >= 0.6 is 22.2 Å². The van der Waals surface area contributed by atoms with E-state index in [-0.39, 0.29) is 18.3 Å². The molecule has 0 bridgehead atoms. The lowest BCUT2D eigenvalue weighted by atomic mass is 8.60. The molecule has 0 aliphatic rings. The first kappa shape index (κ1) is 30.0. The fourth-order valence-corrected chi connectivity index (χ4v) is 25.1. The molecule has 2 nitrogen and oxygen atoms in total. The van der Waals surface area contributed by atoms with Gasteiger partial charge in [0.05, 0.1) is 0 Å². The first-order valence-corrected chi connectivity index (χ1v) is 23.5. The Balaban J connectivity index is 6.21. The van der Waals surface area contributed by atoms with Gasteiger partial charge in [0.25, 0.3) is 15.3 Å². The third kappa shape index (κ3) is 11.1. The van der Waals surface area contributed by atoms with Gasteiger partial charge in [-0.3, -0.25) is 0 Å². The summed E-state index contributed by atoms with van der Waals surface area (Å²) in [6.07, 6.45) is -1.69. The Hall–Kier alpha value is 2.02. The maximum atomic E-state index is 6.57. The van der Waals surface area contributed by atoms with E-state index in [0.717, 1.165) is 6.04 Å². The predicted octanol–water partition coefficient (Wildman–Crippen LogP) is 1.38. The van der Waals surface area contributed by atoms with Crippen molar-refractivity contribution in [2.75, 3.05) is 0 Å². The van der Waals surface area contributed by atoms with Gasteiger partial charge in [0.15, 0.2) is 16.6 Å². The van der Waals surface area contributed by atoms with Crippen molar-refractivity contribution in [2.45, 2.75) is 63.9 Å². The first-order chi connectivity index (χ1) is 12.2. The highest BCUT2D eigenvalue weighted by molar-refractivity contribution is 7.96. The summed E-state index contributed by atoms with van der Waals surface area (Å²) in [7, 11) is 22.9. The monoisotopic (exact) mass is 471 g/mol. The standard InChI is InChI=1S/C10H27B10Cl2O2Si4/c1-25(2,23-27(5,6)21)9-10(26(3,4)24-28(7,8)22)17(18(12)13)20(16-11)19(14)15/h10H,9H2,1-8H3. The van der Waals surface area contributed by atoms with E-state index >= 15 is 0 Å². The molecule has 11 radical (unpaired) electrons. The van der Waals surface area contributed by atoms with Crippen molar-refractivity contribution in [3.63, 3.8) is 0 Å². The third-order valence-electron chi connectivity index (χ3n) is 4.65. The Labute approximate surface area is 196 Å².